The largest absolute Gasteiger partial charge is 0.232 e. The third kappa shape index (κ3) is 10.2. The summed E-state index contributed by atoms with van der Waals surface area (Å²) in [6.07, 6.45) is 0. The Labute approximate surface area is 73.3 Å². The number of hydrogen-bond donors (Lipinski definition) is 2. The fourth-order valence-electron chi connectivity index (χ4n) is 0.380. The zero-order chi connectivity index (χ0) is 8.69. The Hall–Kier alpha value is 0.250. The van der Waals surface area contributed by atoms with Crippen molar-refractivity contribution >= 4 is 33.2 Å². The van der Waals surface area contributed by atoms with E-state index in [4.69, 9.17) is 0 Å². The molecule has 0 aromatic rings. The first-order chi connectivity index (χ1) is 5.13. The molecule has 0 unspecified atom stereocenters. The van der Waals surface area contributed by atoms with Crippen LogP contribution in [-0.4, -0.2) is 39.8 Å². The van der Waals surface area contributed by atoms with Crippen molar-refractivity contribution in [1.82, 2.24) is 0 Å². The molecule has 0 aliphatic heterocycles. The first-order valence-corrected chi connectivity index (χ1v) is 6.82. The lowest BCUT2D eigenvalue weighted by Crippen LogP contribution is -1.96. The van der Waals surface area contributed by atoms with Crippen molar-refractivity contribution < 1.29 is 16.8 Å². The number of rotatable bonds is 6. The van der Waals surface area contributed by atoms with E-state index >= 15 is 0 Å². The van der Waals surface area contributed by atoms with Gasteiger partial charge in [0.05, 0.1) is 11.5 Å². The lowest BCUT2D eigenvalue weighted by atomic mass is 10.9. The summed E-state index contributed by atoms with van der Waals surface area (Å²) >= 11 is 1.34. The fraction of sp³-hybridized carbons (Fsp3) is 1.00. The normalized spacial score (nSPS) is 11.1. The van der Waals surface area contributed by atoms with Gasteiger partial charge in [-0.3, -0.25) is 0 Å². The Balaban J connectivity index is 3.15. The van der Waals surface area contributed by atoms with E-state index in [0.717, 1.165) is 0 Å². The molecule has 0 saturated heterocycles. The van der Waals surface area contributed by atoms with Crippen molar-refractivity contribution in [2.75, 3.05) is 23.0 Å². The van der Waals surface area contributed by atoms with E-state index in [1.165, 1.54) is 11.8 Å². The van der Waals surface area contributed by atoms with Gasteiger partial charge in [-0.2, -0.15) is 11.8 Å². The van der Waals surface area contributed by atoms with Gasteiger partial charge in [-0.25, -0.2) is 16.8 Å². The smallest absolute Gasteiger partial charge is 0.140 e. The average molecular weight is 218 g/mol. The van der Waals surface area contributed by atoms with E-state index < -0.39 is 21.4 Å². The molecule has 0 fully saturated rings. The molecule has 0 bridgehead atoms. The fourth-order valence-corrected chi connectivity index (χ4v) is 2.81. The monoisotopic (exact) mass is 218 g/mol. The van der Waals surface area contributed by atoms with E-state index in [0.29, 0.717) is 11.5 Å². The van der Waals surface area contributed by atoms with Crippen molar-refractivity contribution in [2.45, 2.75) is 0 Å². The van der Waals surface area contributed by atoms with Crippen molar-refractivity contribution in [3.63, 3.8) is 0 Å². The lowest BCUT2D eigenvalue weighted by Gasteiger charge is -1.91. The van der Waals surface area contributed by atoms with E-state index in [9.17, 15) is 16.8 Å². The van der Waals surface area contributed by atoms with Crippen LogP contribution in [0.15, 0.2) is 0 Å². The van der Waals surface area contributed by atoms with Crippen molar-refractivity contribution in [3.8, 4) is 0 Å². The molecule has 0 amide bonds. The van der Waals surface area contributed by atoms with Crippen LogP contribution in [0.3, 0.4) is 0 Å². The van der Waals surface area contributed by atoms with Crippen molar-refractivity contribution in [1.29, 1.82) is 0 Å². The van der Waals surface area contributed by atoms with Gasteiger partial charge in [0.15, 0.2) is 0 Å². The molecular weight excluding hydrogens is 208 g/mol. The molecule has 0 aliphatic rings. The van der Waals surface area contributed by atoms with Gasteiger partial charge in [-0.15, -0.1) is 0 Å². The minimum Gasteiger partial charge on any atom is -0.232 e. The zero-order valence-corrected chi connectivity index (χ0v) is 8.37. The van der Waals surface area contributed by atoms with Gasteiger partial charge in [-0.1, -0.05) is 0 Å². The van der Waals surface area contributed by atoms with Crippen LogP contribution in [-0.2, 0) is 21.4 Å². The Morgan fingerprint density at radius 3 is 1.45 bits per heavy atom. The topological polar surface area (TPSA) is 68.3 Å². The summed E-state index contributed by atoms with van der Waals surface area (Å²) in [6.45, 7) is 0. The van der Waals surface area contributed by atoms with Gasteiger partial charge in [0.25, 0.3) is 0 Å². The maximum atomic E-state index is 10.0. The van der Waals surface area contributed by atoms with Crippen LogP contribution in [0.1, 0.15) is 0 Å². The lowest BCUT2D eigenvalue weighted by molar-refractivity contribution is 0.614. The number of thioether (sulfide) groups is 1. The van der Waals surface area contributed by atoms with Crippen LogP contribution in [0.4, 0.5) is 0 Å². The summed E-state index contributed by atoms with van der Waals surface area (Å²) in [5.41, 5.74) is 0. The highest BCUT2D eigenvalue weighted by molar-refractivity contribution is 8.00. The summed E-state index contributed by atoms with van der Waals surface area (Å²) in [7, 11) is -4.61. The quantitative estimate of drug-likeness (QED) is 0.439. The standard InChI is InChI=1S/C4H10O4S3/c5-10(6)3-1-9-2-4-11(7)8/h10-11H,1-4H2. The first kappa shape index (κ1) is 11.2. The zero-order valence-electron chi connectivity index (χ0n) is 5.76. The van der Waals surface area contributed by atoms with Gasteiger partial charge >= 0.3 is 0 Å². The minimum atomic E-state index is -2.30. The maximum Gasteiger partial charge on any atom is 0.140 e. The second kappa shape index (κ2) is 6.93. The molecule has 0 rings (SSSR count). The highest BCUT2D eigenvalue weighted by atomic mass is 32.2. The van der Waals surface area contributed by atoms with Crippen LogP contribution in [0.25, 0.3) is 0 Å². The average Bonchev–Trinajstić information content (AvgIpc) is 1.85. The molecule has 11 heavy (non-hydrogen) atoms. The molecule has 0 N–H and O–H groups in total. The van der Waals surface area contributed by atoms with Gasteiger partial charge in [0.2, 0.25) is 0 Å². The van der Waals surface area contributed by atoms with Crippen LogP contribution in [0.5, 0.6) is 0 Å². The highest BCUT2D eigenvalue weighted by Crippen LogP contribution is 1.97. The molecule has 68 valence electrons. The molecule has 4 nitrogen and oxygen atoms in total. The molecule has 0 aliphatic carbocycles. The second-order valence-corrected chi connectivity index (χ2v) is 5.18. The van der Waals surface area contributed by atoms with E-state index in [-0.39, 0.29) is 11.5 Å². The molecule has 0 heterocycles. The summed E-state index contributed by atoms with van der Waals surface area (Å²) in [5, 5.41) is 0. The van der Waals surface area contributed by atoms with Crippen LogP contribution in [0.2, 0.25) is 0 Å². The van der Waals surface area contributed by atoms with Crippen molar-refractivity contribution in [3.05, 3.63) is 0 Å². The Kier molecular flexibility index (Phi) is 7.09. The van der Waals surface area contributed by atoms with Gasteiger partial charge in [0.1, 0.15) is 21.4 Å². The SMILES string of the molecule is O=[SH](=O)CCSCC[SH](=O)=O. The summed E-state index contributed by atoms with van der Waals surface area (Å²) in [5.74, 6) is 1.25. The molecular formula is C4H10O4S3. The Morgan fingerprint density at radius 1 is 0.818 bits per heavy atom. The second-order valence-electron chi connectivity index (χ2n) is 1.73. The summed E-state index contributed by atoms with van der Waals surface area (Å²) in [4.78, 5) is 0. The first-order valence-electron chi connectivity index (χ1n) is 2.94. The number of thiol groups is 2. The van der Waals surface area contributed by atoms with Crippen LogP contribution in [0, 0.1) is 0 Å². The van der Waals surface area contributed by atoms with E-state index in [1.807, 2.05) is 0 Å². The molecule has 0 radical (unpaired) electrons. The molecule has 0 spiro atoms. The van der Waals surface area contributed by atoms with E-state index in [1.54, 1.807) is 0 Å². The van der Waals surface area contributed by atoms with Gasteiger partial charge in [-0.05, 0) is 0 Å². The predicted octanol–water partition coefficient (Wildman–Crippen LogP) is -1.06. The Morgan fingerprint density at radius 2 is 1.18 bits per heavy atom. The minimum absolute atomic E-state index is 0.135. The third-order valence-electron chi connectivity index (χ3n) is 0.836. The summed E-state index contributed by atoms with van der Waals surface area (Å²) in [6, 6.07) is 0. The van der Waals surface area contributed by atoms with Crippen LogP contribution >= 0.6 is 11.8 Å². The van der Waals surface area contributed by atoms with Crippen molar-refractivity contribution in [2.24, 2.45) is 0 Å². The number of hydrogen-bond acceptors (Lipinski definition) is 5. The molecule has 0 saturated carbocycles. The molecule has 7 heteroatoms. The molecule has 0 aromatic heterocycles. The molecule has 0 atom stereocenters. The third-order valence-corrected chi connectivity index (χ3v) is 3.60. The van der Waals surface area contributed by atoms with Gasteiger partial charge in [0, 0.05) is 11.5 Å². The van der Waals surface area contributed by atoms with E-state index in [2.05, 4.69) is 0 Å². The van der Waals surface area contributed by atoms with Crippen LogP contribution < -0.4 is 0 Å². The Bertz CT molecular complexity index is 189. The maximum absolute atomic E-state index is 10.0. The predicted molar refractivity (Wildman–Crippen MR) is 47.7 cm³/mol. The highest BCUT2D eigenvalue weighted by Gasteiger charge is 1.91. The molecule has 0 aromatic carbocycles. The van der Waals surface area contributed by atoms with Gasteiger partial charge < -0.3 is 0 Å². The summed E-state index contributed by atoms with van der Waals surface area (Å²) < 4.78 is 40.0.